The highest BCUT2D eigenvalue weighted by Gasteiger charge is 2.49. The standard InChI is InChI=1S/C20H18F3N5O2/c1-10-14-7-6-13(8-16(14)27-26-10)25-15-5-3-4-12-9-28(18(30)17(12)15)19(20(21,22)23)24-11(2)29/h3-8,19,25H,9H2,1-2H3,(H,24,29)(H,26,27). The van der Waals surface area contributed by atoms with Crippen LogP contribution in [0.1, 0.15) is 28.5 Å². The fourth-order valence-corrected chi connectivity index (χ4v) is 3.60. The van der Waals surface area contributed by atoms with Gasteiger partial charge in [0.05, 0.1) is 16.8 Å². The van der Waals surface area contributed by atoms with E-state index in [1.54, 1.807) is 30.3 Å². The Kier molecular flexibility index (Phi) is 4.64. The molecule has 0 saturated heterocycles. The van der Waals surface area contributed by atoms with E-state index in [0.29, 0.717) is 21.8 Å². The molecule has 1 aliphatic heterocycles. The van der Waals surface area contributed by atoms with Crippen molar-refractivity contribution in [3.63, 3.8) is 0 Å². The number of rotatable bonds is 4. The fourth-order valence-electron chi connectivity index (χ4n) is 3.60. The van der Waals surface area contributed by atoms with Gasteiger partial charge >= 0.3 is 6.18 Å². The molecule has 3 aromatic rings. The maximum atomic E-state index is 13.5. The van der Waals surface area contributed by atoms with Crippen molar-refractivity contribution < 1.29 is 22.8 Å². The number of nitrogens with one attached hydrogen (secondary N) is 3. The number of amides is 2. The summed E-state index contributed by atoms with van der Waals surface area (Å²) in [5.41, 5.74) is 3.26. The van der Waals surface area contributed by atoms with E-state index in [9.17, 15) is 22.8 Å². The third-order valence-electron chi connectivity index (χ3n) is 4.95. The van der Waals surface area contributed by atoms with E-state index in [1.807, 2.05) is 18.3 Å². The van der Waals surface area contributed by atoms with E-state index in [4.69, 9.17) is 0 Å². The molecule has 156 valence electrons. The van der Waals surface area contributed by atoms with Crippen LogP contribution < -0.4 is 10.6 Å². The summed E-state index contributed by atoms with van der Waals surface area (Å²) in [7, 11) is 0. The highest BCUT2D eigenvalue weighted by molar-refractivity contribution is 6.04. The lowest BCUT2D eigenvalue weighted by molar-refractivity contribution is -0.187. The topological polar surface area (TPSA) is 90.1 Å². The number of hydrogen-bond acceptors (Lipinski definition) is 4. The third kappa shape index (κ3) is 3.44. The zero-order chi connectivity index (χ0) is 21.6. The first-order valence-corrected chi connectivity index (χ1v) is 9.13. The maximum Gasteiger partial charge on any atom is 0.427 e. The second kappa shape index (κ2) is 7.05. The van der Waals surface area contributed by atoms with Crippen molar-refractivity contribution in [3.8, 4) is 0 Å². The zero-order valence-corrected chi connectivity index (χ0v) is 16.1. The normalized spacial score (nSPS) is 14.7. The molecule has 4 rings (SSSR count). The van der Waals surface area contributed by atoms with Crippen molar-refractivity contribution in [2.75, 3.05) is 5.32 Å². The van der Waals surface area contributed by atoms with Crippen LogP contribution in [-0.2, 0) is 11.3 Å². The number of aryl methyl sites for hydroxylation is 1. The zero-order valence-electron chi connectivity index (χ0n) is 16.1. The largest absolute Gasteiger partial charge is 0.427 e. The van der Waals surface area contributed by atoms with Crippen LogP contribution in [0.4, 0.5) is 24.5 Å². The highest BCUT2D eigenvalue weighted by atomic mass is 19.4. The SMILES string of the molecule is CC(=O)NC(N1Cc2cccc(Nc3ccc4c(C)[nH]nc4c3)c2C1=O)C(F)(F)F. The van der Waals surface area contributed by atoms with Gasteiger partial charge in [-0.2, -0.15) is 18.3 Å². The number of alkyl halides is 3. The molecule has 2 aromatic carbocycles. The molecule has 0 saturated carbocycles. The lowest BCUT2D eigenvalue weighted by atomic mass is 10.1. The Balaban J connectivity index is 1.66. The first kappa shape index (κ1) is 19.7. The summed E-state index contributed by atoms with van der Waals surface area (Å²) in [5, 5.41) is 13.0. The summed E-state index contributed by atoms with van der Waals surface area (Å²) in [6, 6.07) is 10.3. The van der Waals surface area contributed by atoms with Gasteiger partial charge < -0.3 is 15.5 Å². The minimum Gasteiger partial charge on any atom is -0.355 e. The Hall–Kier alpha value is -3.56. The number of aromatic nitrogens is 2. The number of H-pyrrole nitrogens is 1. The molecule has 1 atom stereocenters. The fraction of sp³-hybridized carbons (Fsp3) is 0.250. The average Bonchev–Trinajstić information content (AvgIpc) is 3.19. The lowest BCUT2D eigenvalue weighted by Crippen LogP contribution is -2.56. The number of anilines is 2. The van der Waals surface area contributed by atoms with Crippen LogP contribution in [0.5, 0.6) is 0 Å². The quantitative estimate of drug-likeness (QED) is 0.605. The summed E-state index contributed by atoms with van der Waals surface area (Å²) in [6.07, 6.45) is -7.20. The lowest BCUT2D eigenvalue weighted by Gasteiger charge is -2.29. The van der Waals surface area contributed by atoms with Gasteiger partial charge in [0, 0.05) is 30.2 Å². The van der Waals surface area contributed by atoms with Crippen molar-refractivity contribution in [2.24, 2.45) is 0 Å². The van der Waals surface area contributed by atoms with Crippen molar-refractivity contribution in [3.05, 3.63) is 53.2 Å². The van der Waals surface area contributed by atoms with Gasteiger partial charge in [-0.05, 0) is 36.8 Å². The van der Waals surface area contributed by atoms with Gasteiger partial charge in [0.25, 0.3) is 5.91 Å². The van der Waals surface area contributed by atoms with Crippen molar-refractivity contribution in [1.82, 2.24) is 20.4 Å². The van der Waals surface area contributed by atoms with E-state index in [0.717, 1.165) is 23.5 Å². The van der Waals surface area contributed by atoms with E-state index < -0.39 is 24.2 Å². The van der Waals surface area contributed by atoms with Crippen LogP contribution in [-0.4, -0.2) is 39.3 Å². The van der Waals surface area contributed by atoms with Crippen molar-refractivity contribution in [2.45, 2.75) is 32.7 Å². The van der Waals surface area contributed by atoms with Crippen LogP contribution in [0.15, 0.2) is 36.4 Å². The molecular weight excluding hydrogens is 399 g/mol. The number of halogens is 3. The third-order valence-corrected chi connectivity index (χ3v) is 4.95. The predicted octanol–water partition coefficient (Wildman–Crippen LogP) is 3.60. The molecule has 30 heavy (non-hydrogen) atoms. The first-order chi connectivity index (χ1) is 14.1. The average molecular weight is 417 g/mol. The Bertz CT molecular complexity index is 1160. The number of carbonyl (C=O) groups excluding carboxylic acids is 2. The molecule has 0 spiro atoms. The molecule has 10 heteroatoms. The van der Waals surface area contributed by atoms with Gasteiger partial charge in [-0.15, -0.1) is 0 Å². The number of hydrogen-bond donors (Lipinski definition) is 3. The van der Waals surface area contributed by atoms with E-state index >= 15 is 0 Å². The summed E-state index contributed by atoms with van der Waals surface area (Å²) in [5.74, 6) is -1.68. The molecule has 1 aliphatic rings. The summed E-state index contributed by atoms with van der Waals surface area (Å²) in [4.78, 5) is 24.8. The minimum absolute atomic E-state index is 0.149. The number of nitrogens with zero attached hydrogens (tertiary/aromatic N) is 2. The molecule has 0 bridgehead atoms. The monoisotopic (exact) mass is 417 g/mol. The molecule has 1 aromatic heterocycles. The minimum atomic E-state index is -4.81. The first-order valence-electron chi connectivity index (χ1n) is 9.13. The van der Waals surface area contributed by atoms with Crippen LogP contribution in [0.2, 0.25) is 0 Å². The summed E-state index contributed by atoms with van der Waals surface area (Å²) < 4.78 is 40.5. The Morgan fingerprint density at radius 3 is 2.73 bits per heavy atom. The molecule has 2 amide bonds. The highest BCUT2D eigenvalue weighted by Crippen LogP contribution is 2.35. The maximum absolute atomic E-state index is 13.5. The number of carbonyl (C=O) groups is 2. The molecule has 1 unspecified atom stereocenters. The van der Waals surface area contributed by atoms with Crippen LogP contribution in [0.25, 0.3) is 10.9 Å². The second-order valence-electron chi connectivity index (χ2n) is 7.12. The molecule has 0 fully saturated rings. The van der Waals surface area contributed by atoms with Gasteiger partial charge in [-0.25, -0.2) is 0 Å². The van der Waals surface area contributed by atoms with E-state index in [2.05, 4.69) is 15.5 Å². The Labute approximate surface area is 169 Å². The molecular formula is C20H18F3N5O2. The predicted molar refractivity (Wildman–Crippen MR) is 104 cm³/mol. The van der Waals surface area contributed by atoms with Gasteiger partial charge in [-0.3, -0.25) is 14.7 Å². The van der Waals surface area contributed by atoms with Gasteiger partial charge in [-0.1, -0.05) is 12.1 Å². The number of fused-ring (bicyclic) bond motifs is 2. The molecule has 0 aliphatic carbocycles. The second-order valence-corrected chi connectivity index (χ2v) is 7.12. The summed E-state index contributed by atoms with van der Waals surface area (Å²) in [6.45, 7) is 2.62. The molecule has 3 N–H and O–H groups in total. The van der Waals surface area contributed by atoms with Crippen LogP contribution >= 0.6 is 0 Å². The van der Waals surface area contributed by atoms with Gasteiger partial charge in [0.2, 0.25) is 12.1 Å². The van der Waals surface area contributed by atoms with Crippen LogP contribution in [0.3, 0.4) is 0 Å². The van der Waals surface area contributed by atoms with Gasteiger partial charge in [0.1, 0.15) is 0 Å². The van der Waals surface area contributed by atoms with Crippen LogP contribution in [0, 0.1) is 6.92 Å². The number of benzene rings is 2. The smallest absolute Gasteiger partial charge is 0.355 e. The molecule has 0 radical (unpaired) electrons. The summed E-state index contributed by atoms with van der Waals surface area (Å²) >= 11 is 0. The van der Waals surface area contributed by atoms with E-state index in [-0.39, 0.29) is 12.1 Å². The molecule has 2 heterocycles. The number of aromatic amines is 1. The Morgan fingerprint density at radius 2 is 2.03 bits per heavy atom. The van der Waals surface area contributed by atoms with Gasteiger partial charge in [0.15, 0.2) is 0 Å². The van der Waals surface area contributed by atoms with Crippen molar-refractivity contribution in [1.29, 1.82) is 0 Å². The Morgan fingerprint density at radius 1 is 1.27 bits per heavy atom. The van der Waals surface area contributed by atoms with E-state index in [1.165, 1.54) is 0 Å². The molecule has 7 nitrogen and oxygen atoms in total. The van der Waals surface area contributed by atoms with Crippen molar-refractivity contribution >= 4 is 34.1 Å².